The van der Waals surface area contributed by atoms with Crippen molar-refractivity contribution in [3.8, 4) is 0 Å². The first kappa shape index (κ1) is 20.4. The highest BCUT2D eigenvalue weighted by atomic mass is 32.2. The molecule has 0 aliphatic carbocycles. The van der Waals surface area contributed by atoms with Crippen molar-refractivity contribution in [2.75, 3.05) is 5.75 Å². The van der Waals surface area contributed by atoms with E-state index in [0.29, 0.717) is 18.1 Å². The number of esters is 1. The highest BCUT2D eigenvalue weighted by Gasteiger charge is 2.49. The number of hydrogen-bond donors (Lipinski definition) is 2. The van der Waals surface area contributed by atoms with E-state index in [1.165, 1.54) is 0 Å². The van der Waals surface area contributed by atoms with Gasteiger partial charge in [-0.25, -0.2) is 4.79 Å². The van der Waals surface area contributed by atoms with Crippen molar-refractivity contribution < 1.29 is 24.2 Å². The van der Waals surface area contributed by atoms with E-state index in [1.807, 2.05) is 6.92 Å². The summed E-state index contributed by atoms with van der Waals surface area (Å²) in [7, 11) is 0. The number of carbonyl (C=O) groups excluding carboxylic acids is 2. The Balaban J connectivity index is 1.78. The minimum Gasteiger partial charge on any atom is -0.459 e. The summed E-state index contributed by atoms with van der Waals surface area (Å²) in [5.74, 6) is -1.03. The van der Waals surface area contributed by atoms with Crippen LogP contribution in [0.25, 0.3) is 0 Å². The maximum absolute atomic E-state index is 12.3. The molecule has 0 unspecified atom stereocenters. The number of amides is 1. The molecular formula is C20H29NO5S. The molecule has 3 aliphatic heterocycles. The Labute approximate surface area is 164 Å². The lowest BCUT2D eigenvalue weighted by Crippen LogP contribution is -2.58. The molecule has 7 heteroatoms. The summed E-state index contributed by atoms with van der Waals surface area (Å²) in [5.41, 5.74) is 0.979. The van der Waals surface area contributed by atoms with Crippen LogP contribution in [0.3, 0.4) is 0 Å². The van der Waals surface area contributed by atoms with E-state index in [0.717, 1.165) is 43.0 Å². The van der Waals surface area contributed by atoms with E-state index < -0.39 is 17.9 Å². The number of allylic oxidation sites excluding steroid dienone is 3. The van der Waals surface area contributed by atoms with E-state index in [9.17, 15) is 14.7 Å². The van der Waals surface area contributed by atoms with Crippen LogP contribution in [-0.4, -0.2) is 46.1 Å². The molecule has 0 radical (unpaired) electrons. The van der Waals surface area contributed by atoms with Crippen molar-refractivity contribution in [1.29, 1.82) is 0 Å². The van der Waals surface area contributed by atoms with Gasteiger partial charge in [0.25, 0.3) is 5.24 Å². The van der Waals surface area contributed by atoms with Crippen molar-refractivity contribution in [2.45, 2.75) is 76.4 Å². The summed E-state index contributed by atoms with van der Waals surface area (Å²) >= 11 is 1.14. The summed E-state index contributed by atoms with van der Waals surface area (Å²) in [6.45, 7) is 4.10. The Bertz CT molecular complexity index is 634. The smallest absolute Gasteiger partial charge is 0.330 e. The van der Waals surface area contributed by atoms with Crippen LogP contribution in [0.15, 0.2) is 23.8 Å². The number of rotatable bonds is 1. The van der Waals surface area contributed by atoms with Crippen LogP contribution in [0.4, 0.5) is 4.79 Å². The molecule has 2 bridgehead atoms. The fraction of sp³-hybridized carbons (Fsp3) is 0.700. The molecule has 3 rings (SSSR count). The van der Waals surface area contributed by atoms with Crippen molar-refractivity contribution in [3.63, 3.8) is 0 Å². The molecule has 0 aromatic rings. The number of thioether (sulfide) groups is 1. The van der Waals surface area contributed by atoms with Crippen LogP contribution < -0.4 is 5.32 Å². The fourth-order valence-electron chi connectivity index (χ4n) is 3.86. The lowest BCUT2D eigenvalue weighted by Gasteiger charge is -2.43. The van der Waals surface area contributed by atoms with Gasteiger partial charge in [-0.15, -0.1) is 0 Å². The first-order valence-electron chi connectivity index (χ1n) is 9.72. The second-order valence-corrected chi connectivity index (χ2v) is 8.88. The molecule has 3 aliphatic rings. The topological polar surface area (TPSA) is 84.9 Å². The van der Waals surface area contributed by atoms with Crippen molar-refractivity contribution >= 4 is 23.0 Å². The standard InChI is InChI=1S/C20H29NO5S/c1-13-5-3-4-6-14(2)9-18(22)25-16-10-15(8-7-13)26-20(24,11-16)17-12-27-19(23)21-17/h3,5,9,13,15-17,24H,4,6-8,10-12H2,1-2H3,(H,21,23)/b5-3?,14-9-/t13-,15-,16-,17+,20-/m1/s1. The Kier molecular flexibility index (Phi) is 6.65. The van der Waals surface area contributed by atoms with Crippen molar-refractivity contribution in [1.82, 2.24) is 5.32 Å². The molecule has 3 heterocycles. The zero-order valence-corrected chi connectivity index (χ0v) is 16.8. The third kappa shape index (κ3) is 5.59. The van der Waals surface area contributed by atoms with Gasteiger partial charge in [0.15, 0.2) is 5.79 Å². The van der Waals surface area contributed by atoms with Crippen LogP contribution in [0.5, 0.6) is 0 Å². The Morgan fingerprint density at radius 2 is 2.11 bits per heavy atom. The molecule has 0 aromatic heterocycles. The first-order valence-corrected chi connectivity index (χ1v) is 10.7. The summed E-state index contributed by atoms with van der Waals surface area (Å²) in [6, 6.07) is -0.493. The van der Waals surface area contributed by atoms with Gasteiger partial charge in [0.05, 0.1) is 12.1 Å². The third-order valence-electron chi connectivity index (χ3n) is 5.40. The second kappa shape index (κ2) is 8.80. The molecule has 5 atom stereocenters. The van der Waals surface area contributed by atoms with Gasteiger partial charge in [-0.2, -0.15) is 0 Å². The number of ether oxygens (including phenoxy) is 2. The van der Waals surface area contributed by atoms with Crippen molar-refractivity contribution in [3.05, 3.63) is 23.8 Å². The van der Waals surface area contributed by atoms with Crippen LogP contribution in [0, 0.1) is 5.92 Å². The first-order chi connectivity index (χ1) is 12.8. The van der Waals surface area contributed by atoms with Gasteiger partial charge in [-0.3, -0.25) is 4.79 Å². The zero-order valence-electron chi connectivity index (χ0n) is 16.0. The maximum Gasteiger partial charge on any atom is 0.330 e. The molecule has 150 valence electrons. The number of hydrogen-bond acceptors (Lipinski definition) is 6. The second-order valence-electron chi connectivity index (χ2n) is 7.89. The van der Waals surface area contributed by atoms with E-state index in [4.69, 9.17) is 9.47 Å². The Hall–Kier alpha value is -1.31. The minimum atomic E-state index is -1.51. The van der Waals surface area contributed by atoms with E-state index in [2.05, 4.69) is 24.4 Å². The third-order valence-corrected chi connectivity index (χ3v) is 6.28. The summed E-state index contributed by atoms with van der Waals surface area (Å²) < 4.78 is 11.7. The van der Waals surface area contributed by atoms with Gasteiger partial charge < -0.3 is 19.9 Å². The van der Waals surface area contributed by atoms with Gasteiger partial charge in [0.2, 0.25) is 0 Å². The van der Waals surface area contributed by atoms with Gasteiger partial charge in [-0.1, -0.05) is 36.4 Å². The molecule has 6 nitrogen and oxygen atoms in total. The maximum atomic E-state index is 12.3. The van der Waals surface area contributed by atoms with E-state index in [1.54, 1.807) is 6.08 Å². The molecule has 0 saturated carbocycles. The molecule has 2 N–H and O–H groups in total. The normalized spacial score (nSPS) is 40.5. The molecular weight excluding hydrogens is 366 g/mol. The van der Waals surface area contributed by atoms with E-state index in [-0.39, 0.29) is 23.7 Å². The Morgan fingerprint density at radius 3 is 2.85 bits per heavy atom. The lowest BCUT2D eigenvalue weighted by molar-refractivity contribution is -0.283. The zero-order chi connectivity index (χ0) is 19.4. The Morgan fingerprint density at radius 1 is 1.30 bits per heavy atom. The van der Waals surface area contributed by atoms with Crippen LogP contribution in [0.1, 0.15) is 52.4 Å². The van der Waals surface area contributed by atoms with E-state index >= 15 is 0 Å². The van der Waals surface area contributed by atoms with Crippen LogP contribution >= 0.6 is 11.8 Å². The average molecular weight is 396 g/mol. The number of aliphatic hydroxyl groups is 1. The summed E-state index contributed by atoms with van der Waals surface area (Å²) in [4.78, 5) is 23.9. The number of carbonyl (C=O) groups is 2. The van der Waals surface area contributed by atoms with Gasteiger partial charge in [0, 0.05) is 24.7 Å². The fourth-order valence-corrected chi connectivity index (χ4v) is 4.75. The largest absolute Gasteiger partial charge is 0.459 e. The quantitative estimate of drug-likeness (QED) is 0.523. The van der Waals surface area contributed by atoms with Crippen LogP contribution in [-0.2, 0) is 14.3 Å². The monoisotopic (exact) mass is 395 g/mol. The average Bonchev–Trinajstić information content (AvgIpc) is 3.03. The number of fused-ring (bicyclic) bond motifs is 2. The number of nitrogens with one attached hydrogen (secondary N) is 1. The molecule has 0 aromatic carbocycles. The highest BCUT2D eigenvalue weighted by Crippen LogP contribution is 2.37. The summed E-state index contributed by atoms with van der Waals surface area (Å²) in [6.07, 6.45) is 9.42. The summed E-state index contributed by atoms with van der Waals surface area (Å²) in [5, 5.41) is 13.7. The predicted molar refractivity (Wildman–Crippen MR) is 104 cm³/mol. The van der Waals surface area contributed by atoms with Crippen LogP contribution in [0.2, 0.25) is 0 Å². The molecule has 1 amide bonds. The SMILES string of the molecule is C/C1=C/C(=O)O[C@@H]2C[C@@H](CC[C@H](C)C=CCC1)O[C@@](O)([C@@H]1CSC(=O)N1)C2. The molecule has 2 fully saturated rings. The van der Waals surface area contributed by atoms with Gasteiger partial charge >= 0.3 is 5.97 Å². The van der Waals surface area contributed by atoms with Gasteiger partial charge in [-0.05, 0) is 38.5 Å². The predicted octanol–water partition coefficient (Wildman–Crippen LogP) is 3.30. The lowest BCUT2D eigenvalue weighted by atomic mass is 9.90. The molecule has 2 saturated heterocycles. The molecule has 27 heavy (non-hydrogen) atoms. The van der Waals surface area contributed by atoms with Crippen molar-refractivity contribution in [2.24, 2.45) is 5.92 Å². The van der Waals surface area contributed by atoms with Gasteiger partial charge in [0.1, 0.15) is 6.10 Å². The minimum absolute atomic E-state index is 0.160. The highest BCUT2D eigenvalue weighted by molar-refractivity contribution is 8.14. The molecule has 0 spiro atoms.